The fourth-order valence-corrected chi connectivity index (χ4v) is 2.87. The van der Waals surface area contributed by atoms with Crippen LogP contribution in [0.5, 0.6) is 5.75 Å². The quantitative estimate of drug-likeness (QED) is 0.359. The topological polar surface area (TPSA) is 85.6 Å². The zero-order valence-electron chi connectivity index (χ0n) is 16.9. The summed E-state index contributed by atoms with van der Waals surface area (Å²) in [7, 11) is 3.70. The maximum atomic E-state index is 6.15. The zero-order chi connectivity index (χ0) is 19.2. The number of aliphatic imine (C=N–C) groups is 1. The molecule has 0 amide bonds. The van der Waals surface area contributed by atoms with E-state index in [0.717, 1.165) is 36.0 Å². The Labute approximate surface area is 183 Å². The molecule has 3 rings (SSSR count). The van der Waals surface area contributed by atoms with Crippen LogP contribution in [-0.4, -0.2) is 47.1 Å². The summed E-state index contributed by atoms with van der Waals surface area (Å²) in [6.45, 7) is 6.58. The van der Waals surface area contributed by atoms with Crippen molar-refractivity contribution in [3.63, 3.8) is 0 Å². The third-order valence-electron chi connectivity index (χ3n) is 4.67. The molecule has 1 aromatic carbocycles. The SMILES string of the molecule is CN=C(NCc1ccc(C)cc1OC1CCOC1)NCc1nnc(C)n1C.I. The highest BCUT2D eigenvalue weighted by atomic mass is 127. The van der Waals surface area contributed by atoms with Gasteiger partial charge in [0.25, 0.3) is 0 Å². The van der Waals surface area contributed by atoms with E-state index >= 15 is 0 Å². The summed E-state index contributed by atoms with van der Waals surface area (Å²) in [6, 6.07) is 6.26. The van der Waals surface area contributed by atoms with Gasteiger partial charge < -0.3 is 24.7 Å². The smallest absolute Gasteiger partial charge is 0.191 e. The number of nitrogens with one attached hydrogen (secondary N) is 2. The lowest BCUT2D eigenvalue weighted by Crippen LogP contribution is -2.37. The second kappa shape index (κ2) is 10.6. The predicted octanol–water partition coefficient (Wildman–Crippen LogP) is 2.08. The molecule has 0 saturated carbocycles. The van der Waals surface area contributed by atoms with Crippen molar-refractivity contribution in [2.75, 3.05) is 20.3 Å². The third-order valence-corrected chi connectivity index (χ3v) is 4.67. The number of aromatic nitrogens is 3. The maximum absolute atomic E-state index is 6.15. The molecule has 0 bridgehead atoms. The van der Waals surface area contributed by atoms with Crippen LogP contribution in [0, 0.1) is 13.8 Å². The highest BCUT2D eigenvalue weighted by Gasteiger charge is 2.18. The van der Waals surface area contributed by atoms with E-state index in [9.17, 15) is 0 Å². The standard InChI is InChI=1S/C19H28N6O2.HI/c1-13-5-6-15(17(9-13)27-16-7-8-26-12-16)10-21-19(20-3)22-11-18-24-23-14(2)25(18)4;/h5-6,9,16H,7-8,10-12H2,1-4H3,(H2,20,21,22);1H. The minimum Gasteiger partial charge on any atom is -0.488 e. The number of aryl methyl sites for hydroxylation is 2. The van der Waals surface area contributed by atoms with Gasteiger partial charge in [-0.3, -0.25) is 4.99 Å². The average Bonchev–Trinajstić information content (AvgIpc) is 3.28. The summed E-state index contributed by atoms with van der Waals surface area (Å²) >= 11 is 0. The van der Waals surface area contributed by atoms with Gasteiger partial charge in [-0.1, -0.05) is 12.1 Å². The minimum absolute atomic E-state index is 0. The van der Waals surface area contributed by atoms with Crippen LogP contribution in [0.25, 0.3) is 0 Å². The van der Waals surface area contributed by atoms with Crippen molar-refractivity contribution in [3.05, 3.63) is 41.0 Å². The normalized spacial score (nSPS) is 16.6. The Morgan fingerprint density at radius 3 is 2.71 bits per heavy atom. The van der Waals surface area contributed by atoms with Gasteiger partial charge in [0.1, 0.15) is 17.7 Å². The summed E-state index contributed by atoms with van der Waals surface area (Å²) < 4.78 is 13.5. The number of benzene rings is 1. The van der Waals surface area contributed by atoms with Gasteiger partial charge in [0.15, 0.2) is 11.8 Å². The lowest BCUT2D eigenvalue weighted by Gasteiger charge is -2.18. The highest BCUT2D eigenvalue weighted by Crippen LogP contribution is 2.23. The molecule has 1 atom stereocenters. The molecule has 1 unspecified atom stereocenters. The molecule has 2 N–H and O–H groups in total. The number of rotatable bonds is 6. The summed E-state index contributed by atoms with van der Waals surface area (Å²) in [5.74, 6) is 3.34. The first-order valence-electron chi connectivity index (χ1n) is 9.20. The molecular formula is C19H29IN6O2. The average molecular weight is 500 g/mol. The van der Waals surface area contributed by atoms with E-state index in [1.165, 1.54) is 5.56 Å². The van der Waals surface area contributed by atoms with Crippen molar-refractivity contribution in [1.29, 1.82) is 0 Å². The second-order valence-electron chi connectivity index (χ2n) is 6.72. The molecule has 1 aliphatic rings. The van der Waals surface area contributed by atoms with Crippen LogP contribution in [0.3, 0.4) is 0 Å². The van der Waals surface area contributed by atoms with E-state index in [1.54, 1.807) is 7.05 Å². The van der Waals surface area contributed by atoms with Crippen LogP contribution in [0.1, 0.15) is 29.2 Å². The first-order valence-corrected chi connectivity index (χ1v) is 9.20. The van der Waals surface area contributed by atoms with Gasteiger partial charge in [0, 0.05) is 32.6 Å². The van der Waals surface area contributed by atoms with E-state index in [4.69, 9.17) is 9.47 Å². The summed E-state index contributed by atoms with van der Waals surface area (Å²) in [5.41, 5.74) is 2.26. The number of nitrogens with zero attached hydrogens (tertiary/aromatic N) is 4. The first kappa shape index (κ1) is 22.4. The Morgan fingerprint density at radius 2 is 2.07 bits per heavy atom. The fraction of sp³-hybridized carbons (Fsp3) is 0.526. The van der Waals surface area contributed by atoms with Crippen LogP contribution in [0.2, 0.25) is 0 Å². The van der Waals surface area contributed by atoms with Gasteiger partial charge in [-0.05, 0) is 25.5 Å². The fourth-order valence-electron chi connectivity index (χ4n) is 2.87. The molecule has 2 aromatic rings. The van der Waals surface area contributed by atoms with Crippen molar-refractivity contribution in [1.82, 2.24) is 25.4 Å². The van der Waals surface area contributed by atoms with Gasteiger partial charge in [0.05, 0.1) is 19.8 Å². The van der Waals surface area contributed by atoms with Crippen molar-refractivity contribution >= 4 is 29.9 Å². The Balaban J connectivity index is 0.00000280. The molecule has 0 spiro atoms. The van der Waals surface area contributed by atoms with E-state index in [1.807, 2.05) is 18.5 Å². The summed E-state index contributed by atoms with van der Waals surface area (Å²) in [4.78, 5) is 4.28. The summed E-state index contributed by atoms with van der Waals surface area (Å²) in [6.07, 6.45) is 1.06. The van der Waals surface area contributed by atoms with Crippen LogP contribution < -0.4 is 15.4 Å². The van der Waals surface area contributed by atoms with Gasteiger partial charge in [-0.15, -0.1) is 34.2 Å². The largest absolute Gasteiger partial charge is 0.488 e. The Bertz CT molecular complexity index is 802. The Morgan fingerprint density at radius 1 is 1.29 bits per heavy atom. The summed E-state index contributed by atoms with van der Waals surface area (Å²) in [5, 5.41) is 14.8. The van der Waals surface area contributed by atoms with E-state index in [2.05, 4.69) is 50.9 Å². The third kappa shape index (κ3) is 5.81. The second-order valence-corrected chi connectivity index (χ2v) is 6.72. The Kier molecular flexibility index (Phi) is 8.49. The molecule has 2 heterocycles. The molecule has 154 valence electrons. The zero-order valence-corrected chi connectivity index (χ0v) is 19.2. The number of guanidine groups is 1. The van der Waals surface area contributed by atoms with Gasteiger partial charge in [-0.2, -0.15) is 0 Å². The van der Waals surface area contributed by atoms with Crippen LogP contribution in [-0.2, 0) is 24.9 Å². The van der Waals surface area contributed by atoms with Crippen molar-refractivity contribution in [2.24, 2.45) is 12.0 Å². The molecule has 1 aliphatic heterocycles. The molecule has 9 heteroatoms. The van der Waals surface area contributed by atoms with Crippen LogP contribution in [0.4, 0.5) is 0 Å². The van der Waals surface area contributed by atoms with E-state index < -0.39 is 0 Å². The Hall–Kier alpha value is -1.88. The first-order chi connectivity index (χ1) is 13.1. The van der Waals surface area contributed by atoms with Crippen LogP contribution in [0.15, 0.2) is 23.2 Å². The maximum Gasteiger partial charge on any atom is 0.191 e. The molecule has 1 aromatic heterocycles. The number of hydrogen-bond donors (Lipinski definition) is 2. The molecule has 0 radical (unpaired) electrons. The molecule has 8 nitrogen and oxygen atoms in total. The molecular weight excluding hydrogens is 471 g/mol. The van der Waals surface area contributed by atoms with E-state index in [0.29, 0.717) is 25.7 Å². The molecule has 1 fully saturated rings. The monoisotopic (exact) mass is 500 g/mol. The van der Waals surface area contributed by atoms with Gasteiger partial charge in [0.2, 0.25) is 0 Å². The minimum atomic E-state index is 0. The van der Waals surface area contributed by atoms with Crippen LogP contribution >= 0.6 is 24.0 Å². The highest BCUT2D eigenvalue weighted by molar-refractivity contribution is 14.0. The lowest BCUT2D eigenvalue weighted by molar-refractivity contribution is 0.140. The number of ether oxygens (including phenoxy) is 2. The lowest BCUT2D eigenvalue weighted by atomic mass is 10.1. The number of halogens is 1. The molecule has 1 saturated heterocycles. The van der Waals surface area contributed by atoms with Crippen molar-refractivity contribution in [2.45, 2.75) is 39.5 Å². The van der Waals surface area contributed by atoms with Gasteiger partial charge >= 0.3 is 0 Å². The molecule has 28 heavy (non-hydrogen) atoms. The van der Waals surface area contributed by atoms with Crippen molar-refractivity contribution < 1.29 is 9.47 Å². The van der Waals surface area contributed by atoms with Gasteiger partial charge in [-0.25, -0.2) is 0 Å². The molecule has 0 aliphatic carbocycles. The number of hydrogen-bond acceptors (Lipinski definition) is 5. The predicted molar refractivity (Wildman–Crippen MR) is 119 cm³/mol. The van der Waals surface area contributed by atoms with E-state index in [-0.39, 0.29) is 30.1 Å². The van der Waals surface area contributed by atoms with Crippen molar-refractivity contribution in [3.8, 4) is 5.75 Å².